The molecule has 0 bridgehead atoms. The number of phenolic OH excluding ortho intramolecular Hbond substituents is 1. The summed E-state index contributed by atoms with van der Waals surface area (Å²) in [5.74, 6) is 0.496. The summed E-state index contributed by atoms with van der Waals surface area (Å²) in [6, 6.07) is 5.50. The number of piperidine rings is 1. The summed E-state index contributed by atoms with van der Waals surface area (Å²) >= 11 is 0. The highest BCUT2D eigenvalue weighted by atomic mass is 19.1. The quantitative estimate of drug-likeness (QED) is 0.203. The van der Waals surface area contributed by atoms with E-state index in [1.54, 1.807) is 31.2 Å². The van der Waals surface area contributed by atoms with Crippen LogP contribution in [0.4, 0.5) is 4.39 Å². The zero-order valence-corrected chi connectivity index (χ0v) is 24.6. The SMILES string of the molecule is C/C=C/CF.C=C/C=C\C1=Cc2ccc(O)cc2C2N(CCCCCC)C(=O)CCC12C.C=CC.CNC. The zero-order valence-electron chi connectivity index (χ0n) is 24.6. The van der Waals surface area contributed by atoms with Crippen LogP contribution in [-0.4, -0.2) is 43.2 Å². The van der Waals surface area contributed by atoms with Gasteiger partial charge in [-0.1, -0.05) is 88.3 Å². The Morgan fingerprint density at radius 2 is 1.87 bits per heavy atom. The number of nitrogens with one attached hydrogen (secondary N) is 1. The second kappa shape index (κ2) is 20.1. The highest BCUT2D eigenvalue weighted by Gasteiger charge is 2.48. The Balaban J connectivity index is 0.00000106. The largest absolute Gasteiger partial charge is 0.508 e. The molecule has 2 aliphatic rings. The van der Waals surface area contributed by atoms with Gasteiger partial charge in [0.25, 0.3) is 0 Å². The van der Waals surface area contributed by atoms with Crippen LogP contribution in [0, 0.1) is 5.41 Å². The lowest BCUT2D eigenvalue weighted by Crippen LogP contribution is -2.50. The van der Waals surface area contributed by atoms with Gasteiger partial charge in [0, 0.05) is 18.4 Å². The standard InChI is InChI=1S/C24H31NO2.C4H7F.C3H6.C2H7N/c1-4-6-8-9-15-25-22(27)13-14-24(3)19(10-7-5-2)16-18-11-12-20(26)17-21(18)23(24)25;1-2-3-4-5;2*1-3-2/h5,7,10-12,16-17,23,26H,2,4,6,8-9,13-15H2,1,3H3;2-3H,4H2,1H3;3H,1H2,2H3;3H,1-2H3/b10-7-;3-2+;;. The van der Waals surface area contributed by atoms with Crippen LogP contribution in [0.1, 0.15) is 83.4 Å². The lowest BCUT2D eigenvalue weighted by molar-refractivity contribution is -0.141. The van der Waals surface area contributed by atoms with Gasteiger partial charge in [-0.3, -0.25) is 4.79 Å². The zero-order chi connectivity index (χ0) is 29.0. The van der Waals surface area contributed by atoms with E-state index in [4.69, 9.17) is 0 Å². The minimum atomic E-state index is -0.337. The maximum absolute atomic E-state index is 12.9. The van der Waals surface area contributed by atoms with Crippen molar-refractivity contribution in [1.29, 1.82) is 0 Å². The van der Waals surface area contributed by atoms with Crippen molar-refractivity contribution in [3.63, 3.8) is 0 Å². The number of halogens is 1. The fourth-order valence-electron chi connectivity index (χ4n) is 4.67. The van der Waals surface area contributed by atoms with Gasteiger partial charge in [0.2, 0.25) is 5.91 Å². The van der Waals surface area contributed by atoms with Gasteiger partial charge in [-0.05, 0) is 69.6 Å². The molecule has 2 atom stereocenters. The first kappa shape index (κ1) is 35.1. The Hall–Kier alpha value is -2.92. The van der Waals surface area contributed by atoms with Gasteiger partial charge in [0.05, 0.1) is 6.04 Å². The smallest absolute Gasteiger partial charge is 0.223 e. The summed E-state index contributed by atoms with van der Waals surface area (Å²) in [5, 5.41) is 12.9. The number of hydrogen-bond donors (Lipinski definition) is 2. The number of phenols is 1. The molecule has 0 radical (unpaired) electrons. The summed E-state index contributed by atoms with van der Waals surface area (Å²) in [5.41, 5.74) is 3.24. The molecule has 0 spiro atoms. The van der Waals surface area contributed by atoms with Crippen LogP contribution in [-0.2, 0) is 4.79 Å². The van der Waals surface area contributed by atoms with Crippen LogP contribution in [0.15, 0.2) is 73.4 Å². The van der Waals surface area contributed by atoms with Crippen molar-refractivity contribution in [2.24, 2.45) is 5.41 Å². The van der Waals surface area contributed by atoms with E-state index in [0.29, 0.717) is 6.42 Å². The highest BCUT2D eigenvalue weighted by molar-refractivity contribution is 5.80. The van der Waals surface area contributed by atoms with Gasteiger partial charge < -0.3 is 15.3 Å². The van der Waals surface area contributed by atoms with Crippen molar-refractivity contribution < 1.29 is 14.3 Å². The van der Waals surface area contributed by atoms with E-state index in [9.17, 15) is 14.3 Å². The summed E-state index contributed by atoms with van der Waals surface area (Å²) in [4.78, 5) is 15.0. The summed E-state index contributed by atoms with van der Waals surface area (Å²) in [6.45, 7) is 15.7. The van der Waals surface area contributed by atoms with E-state index in [-0.39, 0.29) is 29.8 Å². The minimum Gasteiger partial charge on any atom is -0.508 e. The molecule has 2 N–H and O–H groups in total. The monoisotopic (exact) mass is 526 g/mol. The van der Waals surface area contributed by atoms with E-state index in [0.717, 1.165) is 36.9 Å². The van der Waals surface area contributed by atoms with Crippen molar-refractivity contribution in [2.45, 2.75) is 72.3 Å². The molecule has 2 unspecified atom stereocenters. The third kappa shape index (κ3) is 10.8. The average molecular weight is 527 g/mol. The minimum absolute atomic E-state index is 0.0306. The van der Waals surface area contributed by atoms with Gasteiger partial charge in [0.15, 0.2) is 0 Å². The molecular formula is C33H51FN2O2. The summed E-state index contributed by atoms with van der Waals surface area (Å²) < 4.78 is 10.9. The molecule has 1 aliphatic heterocycles. The molecule has 4 nitrogen and oxygen atoms in total. The second-order valence-corrected chi connectivity index (χ2v) is 9.61. The number of amides is 1. The average Bonchev–Trinajstić information content (AvgIpc) is 2.89. The van der Waals surface area contributed by atoms with E-state index in [1.165, 1.54) is 24.5 Å². The number of fused-ring (bicyclic) bond motifs is 3. The van der Waals surface area contributed by atoms with E-state index < -0.39 is 0 Å². The number of nitrogens with zero attached hydrogens (tertiary/aromatic N) is 1. The first-order valence-corrected chi connectivity index (χ1v) is 13.7. The molecule has 0 saturated carbocycles. The van der Waals surface area contributed by atoms with Crippen molar-refractivity contribution in [3.05, 3.63) is 84.5 Å². The number of unbranched alkanes of at least 4 members (excludes halogenated alkanes) is 3. The lowest BCUT2D eigenvalue weighted by Gasteiger charge is -2.51. The van der Waals surface area contributed by atoms with Gasteiger partial charge in [0.1, 0.15) is 12.4 Å². The van der Waals surface area contributed by atoms with E-state index in [2.05, 4.69) is 49.4 Å². The topological polar surface area (TPSA) is 52.6 Å². The fraction of sp³-hybridized carbons (Fsp3) is 0.485. The molecule has 1 aromatic carbocycles. The number of carbonyl (C=O) groups is 1. The Morgan fingerprint density at radius 1 is 1.21 bits per heavy atom. The van der Waals surface area contributed by atoms with Crippen molar-refractivity contribution in [1.82, 2.24) is 10.2 Å². The summed E-state index contributed by atoms with van der Waals surface area (Å²) in [7, 11) is 3.75. The first-order chi connectivity index (χ1) is 18.3. The third-order valence-electron chi connectivity index (χ3n) is 6.42. The molecule has 1 fully saturated rings. The Labute approximate surface area is 231 Å². The van der Waals surface area contributed by atoms with E-state index >= 15 is 0 Å². The number of likely N-dealkylation sites (tertiary alicyclic amines) is 1. The molecule has 1 aliphatic carbocycles. The number of aromatic hydroxyl groups is 1. The molecule has 5 heteroatoms. The molecule has 1 heterocycles. The van der Waals surface area contributed by atoms with Gasteiger partial charge >= 0.3 is 0 Å². The van der Waals surface area contributed by atoms with Crippen molar-refractivity contribution in [3.8, 4) is 5.75 Å². The van der Waals surface area contributed by atoms with Crippen LogP contribution < -0.4 is 5.32 Å². The third-order valence-corrected chi connectivity index (χ3v) is 6.42. The van der Waals surface area contributed by atoms with Gasteiger partial charge in [-0.2, -0.15) is 0 Å². The number of rotatable bonds is 8. The molecule has 38 heavy (non-hydrogen) atoms. The molecular weight excluding hydrogens is 475 g/mol. The molecule has 0 aromatic heterocycles. The van der Waals surface area contributed by atoms with Gasteiger partial charge in [-0.15, -0.1) is 6.58 Å². The molecule has 1 saturated heterocycles. The molecule has 3 rings (SSSR count). The first-order valence-electron chi connectivity index (χ1n) is 13.7. The van der Waals surface area contributed by atoms with E-state index in [1.807, 2.05) is 39.2 Å². The number of carbonyl (C=O) groups excluding carboxylic acids is 1. The second-order valence-electron chi connectivity index (χ2n) is 9.61. The number of alkyl halides is 1. The van der Waals surface area contributed by atoms with Crippen LogP contribution in [0.5, 0.6) is 5.75 Å². The normalized spacial score (nSPS) is 19.6. The fourth-order valence-corrected chi connectivity index (χ4v) is 4.67. The van der Waals surface area contributed by atoms with Crippen LogP contribution >= 0.6 is 0 Å². The maximum Gasteiger partial charge on any atom is 0.223 e. The number of hydrogen-bond acceptors (Lipinski definition) is 3. The van der Waals surface area contributed by atoms with Crippen LogP contribution in [0.3, 0.4) is 0 Å². The van der Waals surface area contributed by atoms with Crippen LogP contribution in [0.25, 0.3) is 6.08 Å². The van der Waals surface area contributed by atoms with Crippen molar-refractivity contribution >= 4 is 12.0 Å². The highest BCUT2D eigenvalue weighted by Crippen LogP contribution is 2.55. The predicted octanol–water partition coefficient (Wildman–Crippen LogP) is 8.34. The number of allylic oxidation sites excluding steroid dienone is 6. The molecule has 1 aromatic rings. The predicted molar refractivity (Wildman–Crippen MR) is 163 cm³/mol. The molecule has 1 amide bonds. The Kier molecular flexibility index (Phi) is 18.6. The molecule has 212 valence electrons. The van der Waals surface area contributed by atoms with Crippen LogP contribution in [0.2, 0.25) is 0 Å². The lowest BCUT2D eigenvalue weighted by atomic mass is 9.63. The number of benzene rings is 1. The maximum atomic E-state index is 12.9. The van der Waals surface area contributed by atoms with Gasteiger partial charge in [-0.25, -0.2) is 4.39 Å². The summed E-state index contributed by atoms with van der Waals surface area (Å²) in [6.07, 6.45) is 19.0. The Morgan fingerprint density at radius 3 is 2.39 bits per heavy atom. The Bertz CT molecular complexity index is 935. The van der Waals surface area contributed by atoms with Crippen molar-refractivity contribution in [2.75, 3.05) is 27.3 Å².